The van der Waals surface area contributed by atoms with Crippen LogP contribution < -0.4 is 4.74 Å². The first-order valence-corrected chi connectivity index (χ1v) is 10.4. The lowest BCUT2D eigenvalue weighted by Gasteiger charge is -2.37. The third-order valence-electron chi connectivity index (χ3n) is 4.53. The molecule has 1 heterocycles. The Morgan fingerprint density at radius 2 is 1.89 bits per heavy atom. The molecule has 2 rings (SSSR count). The number of rotatable bonds is 7. The van der Waals surface area contributed by atoms with Crippen LogP contribution in [0.1, 0.15) is 26.3 Å². The highest BCUT2D eigenvalue weighted by Gasteiger charge is 2.33. The third kappa shape index (κ3) is 4.97. The maximum absolute atomic E-state index is 12.6. The number of benzene rings is 1. The van der Waals surface area contributed by atoms with Crippen LogP contribution in [0.5, 0.6) is 5.75 Å². The SMILES string of the molecule is CCN(CC)S(=O)(=O)N1CCN(C(=O)C(C)Oc2cccc(C#N)c2)CC1. The molecule has 148 valence electrons. The quantitative estimate of drug-likeness (QED) is 0.689. The van der Waals surface area contributed by atoms with Gasteiger partial charge in [0, 0.05) is 39.3 Å². The van der Waals surface area contributed by atoms with Crippen LogP contribution in [0, 0.1) is 11.3 Å². The highest BCUT2D eigenvalue weighted by atomic mass is 32.2. The average Bonchev–Trinajstić information content (AvgIpc) is 2.68. The molecule has 1 amide bonds. The van der Waals surface area contributed by atoms with Crippen molar-refractivity contribution in [1.82, 2.24) is 13.5 Å². The molecule has 1 aromatic rings. The Morgan fingerprint density at radius 1 is 1.26 bits per heavy atom. The van der Waals surface area contributed by atoms with Crippen LogP contribution in [-0.2, 0) is 15.0 Å². The van der Waals surface area contributed by atoms with Gasteiger partial charge in [-0.25, -0.2) is 0 Å². The second-order valence-corrected chi connectivity index (χ2v) is 8.14. The molecule has 1 aromatic carbocycles. The molecule has 0 N–H and O–H groups in total. The van der Waals surface area contributed by atoms with Crippen molar-refractivity contribution in [3.63, 3.8) is 0 Å². The van der Waals surface area contributed by atoms with Gasteiger partial charge in [0.15, 0.2) is 6.10 Å². The zero-order valence-electron chi connectivity index (χ0n) is 16.0. The molecule has 9 heteroatoms. The van der Waals surface area contributed by atoms with Crippen molar-refractivity contribution in [3.05, 3.63) is 29.8 Å². The number of nitriles is 1. The summed E-state index contributed by atoms with van der Waals surface area (Å²) in [5.74, 6) is 0.259. The van der Waals surface area contributed by atoms with Gasteiger partial charge < -0.3 is 9.64 Å². The number of piperazine rings is 1. The first-order chi connectivity index (χ1) is 12.8. The Bertz CT molecular complexity index is 794. The molecule has 0 radical (unpaired) electrons. The van der Waals surface area contributed by atoms with Gasteiger partial charge in [0.05, 0.1) is 11.6 Å². The molecule has 0 spiro atoms. The van der Waals surface area contributed by atoms with E-state index in [-0.39, 0.29) is 19.0 Å². The van der Waals surface area contributed by atoms with E-state index < -0.39 is 16.3 Å². The first kappa shape index (κ1) is 21.2. The molecule has 8 nitrogen and oxygen atoms in total. The Balaban J connectivity index is 1.95. The molecule has 0 aliphatic carbocycles. The fraction of sp³-hybridized carbons (Fsp3) is 0.556. The number of hydrogen-bond acceptors (Lipinski definition) is 5. The predicted molar refractivity (Wildman–Crippen MR) is 101 cm³/mol. The van der Waals surface area contributed by atoms with Gasteiger partial charge in [-0.3, -0.25) is 4.79 Å². The first-order valence-electron chi connectivity index (χ1n) is 9.04. The summed E-state index contributed by atoms with van der Waals surface area (Å²) < 4.78 is 33.6. The average molecular weight is 394 g/mol. The van der Waals surface area contributed by atoms with Crippen molar-refractivity contribution in [2.24, 2.45) is 0 Å². The summed E-state index contributed by atoms with van der Waals surface area (Å²) in [6, 6.07) is 8.66. The number of amides is 1. The van der Waals surface area contributed by atoms with Gasteiger partial charge >= 0.3 is 0 Å². The van der Waals surface area contributed by atoms with E-state index in [0.717, 1.165) is 0 Å². The lowest BCUT2D eigenvalue weighted by molar-refractivity contribution is -0.139. The molecule has 0 bridgehead atoms. The summed E-state index contributed by atoms with van der Waals surface area (Å²) in [4.78, 5) is 14.2. The fourth-order valence-electron chi connectivity index (χ4n) is 3.00. The van der Waals surface area contributed by atoms with Crippen molar-refractivity contribution in [2.75, 3.05) is 39.3 Å². The van der Waals surface area contributed by atoms with E-state index in [0.29, 0.717) is 37.5 Å². The van der Waals surface area contributed by atoms with Gasteiger partial charge in [0.2, 0.25) is 0 Å². The van der Waals surface area contributed by atoms with E-state index in [2.05, 4.69) is 0 Å². The van der Waals surface area contributed by atoms with Crippen LogP contribution in [0.2, 0.25) is 0 Å². The lowest BCUT2D eigenvalue weighted by Crippen LogP contribution is -2.55. The molecule has 0 saturated carbocycles. The molecule has 1 atom stereocenters. The zero-order chi connectivity index (χ0) is 20.0. The number of carbonyl (C=O) groups excluding carboxylic acids is 1. The summed E-state index contributed by atoms with van der Waals surface area (Å²) in [6.45, 7) is 7.29. The van der Waals surface area contributed by atoms with Crippen molar-refractivity contribution >= 4 is 16.1 Å². The van der Waals surface area contributed by atoms with Gasteiger partial charge in [0.25, 0.3) is 16.1 Å². The van der Waals surface area contributed by atoms with E-state index in [1.54, 1.807) is 49.9 Å². The smallest absolute Gasteiger partial charge is 0.282 e. The minimum absolute atomic E-state index is 0.197. The predicted octanol–water partition coefficient (Wildman–Crippen LogP) is 1.06. The van der Waals surface area contributed by atoms with Crippen molar-refractivity contribution in [2.45, 2.75) is 26.9 Å². The van der Waals surface area contributed by atoms with E-state index in [1.807, 2.05) is 6.07 Å². The molecule has 1 aliphatic heterocycles. The van der Waals surface area contributed by atoms with E-state index in [4.69, 9.17) is 10.00 Å². The fourth-order valence-corrected chi connectivity index (χ4v) is 4.61. The van der Waals surface area contributed by atoms with Crippen LogP contribution in [-0.4, -0.2) is 73.2 Å². The Kier molecular flexibility index (Phi) is 7.18. The van der Waals surface area contributed by atoms with Crippen molar-refractivity contribution in [3.8, 4) is 11.8 Å². The van der Waals surface area contributed by atoms with E-state index >= 15 is 0 Å². The van der Waals surface area contributed by atoms with Crippen molar-refractivity contribution < 1.29 is 17.9 Å². The van der Waals surface area contributed by atoms with Gasteiger partial charge in [-0.1, -0.05) is 19.9 Å². The number of carbonyl (C=O) groups is 1. The zero-order valence-corrected chi connectivity index (χ0v) is 16.8. The molecule has 27 heavy (non-hydrogen) atoms. The second kappa shape index (κ2) is 9.17. The largest absolute Gasteiger partial charge is 0.481 e. The number of hydrogen-bond donors (Lipinski definition) is 0. The number of ether oxygens (including phenoxy) is 1. The second-order valence-electron chi connectivity index (χ2n) is 6.22. The topological polar surface area (TPSA) is 94.0 Å². The summed E-state index contributed by atoms with van der Waals surface area (Å²) in [5, 5.41) is 8.94. The van der Waals surface area contributed by atoms with Gasteiger partial charge in [-0.05, 0) is 25.1 Å². The standard InChI is InChI=1S/C18H26N4O4S/c1-4-21(5-2)27(24,25)22-11-9-20(10-12-22)18(23)15(3)26-17-8-6-7-16(13-17)14-19/h6-8,13,15H,4-5,9-12H2,1-3H3. The van der Waals surface area contributed by atoms with Gasteiger partial charge in [-0.2, -0.15) is 22.3 Å². The van der Waals surface area contributed by atoms with Crippen LogP contribution in [0.4, 0.5) is 0 Å². The lowest BCUT2D eigenvalue weighted by atomic mass is 10.2. The van der Waals surface area contributed by atoms with Crippen LogP contribution >= 0.6 is 0 Å². The van der Waals surface area contributed by atoms with Crippen LogP contribution in [0.25, 0.3) is 0 Å². The highest BCUT2D eigenvalue weighted by Crippen LogP contribution is 2.17. The number of nitrogens with zero attached hydrogens (tertiary/aromatic N) is 4. The maximum Gasteiger partial charge on any atom is 0.282 e. The molecular weight excluding hydrogens is 368 g/mol. The van der Waals surface area contributed by atoms with E-state index in [1.165, 1.54) is 8.61 Å². The normalized spacial score (nSPS) is 16.8. The minimum atomic E-state index is -3.48. The molecule has 0 aromatic heterocycles. The van der Waals surface area contributed by atoms with Gasteiger partial charge in [0.1, 0.15) is 5.75 Å². The van der Waals surface area contributed by atoms with Crippen LogP contribution in [0.3, 0.4) is 0 Å². The highest BCUT2D eigenvalue weighted by molar-refractivity contribution is 7.86. The molecule has 1 fully saturated rings. The summed E-state index contributed by atoms with van der Waals surface area (Å²) >= 11 is 0. The molecular formula is C18H26N4O4S. The van der Waals surface area contributed by atoms with Crippen molar-refractivity contribution in [1.29, 1.82) is 5.26 Å². The Morgan fingerprint density at radius 3 is 2.44 bits per heavy atom. The molecule has 1 aliphatic rings. The molecule has 1 saturated heterocycles. The monoisotopic (exact) mass is 394 g/mol. The summed E-state index contributed by atoms with van der Waals surface area (Å²) in [7, 11) is -3.48. The third-order valence-corrected chi connectivity index (χ3v) is 6.72. The van der Waals surface area contributed by atoms with E-state index in [9.17, 15) is 13.2 Å². The summed E-state index contributed by atoms with van der Waals surface area (Å²) in [6.07, 6.45) is -0.718. The minimum Gasteiger partial charge on any atom is -0.481 e. The van der Waals surface area contributed by atoms with Gasteiger partial charge in [-0.15, -0.1) is 0 Å². The Labute approximate surface area is 161 Å². The summed E-state index contributed by atoms with van der Waals surface area (Å²) in [5.41, 5.74) is 0.461. The maximum atomic E-state index is 12.6. The Hall–Kier alpha value is -2.15. The molecule has 1 unspecified atom stereocenters. The van der Waals surface area contributed by atoms with Crippen LogP contribution in [0.15, 0.2) is 24.3 Å².